The highest BCUT2D eigenvalue weighted by atomic mass is 127. The fraction of sp³-hybridized carbons (Fsp3) is 0.696. The quantitative estimate of drug-likeness (QED) is 0.300. The van der Waals surface area contributed by atoms with Crippen molar-refractivity contribution in [3.8, 4) is 0 Å². The molecule has 0 atom stereocenters. The van der Waals surface area contributed by atoms with Crippen LogP contribution in [0.3, 0.4) is 0 Å². The van der Waals surface area contributed by atoms with Crippen molar-refractivity contribution in [2.45, 2.75) is 76.9 Å². The second-order valence-corrected chi connectivity index (χ2v) is 9.92. The number of rotatable bonds is 7. The maximum absolute atomic E-state index is 4.85. The molecule has 3 heterocycles. The number of likely N-dealkylation sites (tertiary alicyclic amines) is 1. The summed E-state index contributed by atoms with van der Waals surface area (Å²) >= 11 is 1.81. The monoisotopic (exact) mass is 571 g/mol. The zero-order chi connectivity index (χ0) is 21.5. The summed E-state index contributed by atoms with van der Waals surface area (Å²) in [5.74, 6) is 2.71. The second kappa shape index (κ2) is 12.9. The first kappa shape index (κ1) is 25.4. The van der Waals surface area contributed by atoms with Gasteiger partial charge in [0, 0.05) is 43.6 Å². The van der Waals surface area contributed by atoms with E-state index in [2.05, 4.69) is 43.2 Å². The molecule has 0 radical (unpaired) electrons. The van der Waals surface area contributed by atoms with E-state index < -0.39 is 0 Å². The van der Waals surface area contributed by atoms with Crippen molar-refractivity contribution < 1.29 is 0 Å². The molecule has 1 saturated carbocycles. The number of hydrogen-bond donors (Lipinski definition) is 2. The standard InChI is InChI=1S/C23H37N7S.HI/c1-18-27-28-22(29(18)2)17-25-23(24-13-10-21-9-6-16-31-21)26-19-11-14-30(15-12-19)20-7-4-3-5-8-20;/h6,9,16,19-20H,3-5,7-8,10-15,17H2,1-2H3,(H2,24,25,26);1H. The fourth-order valence-electron chi connectivity index (χ4n) is 4.70. The van der Waals surface area contributed by atoms with E-state index in [1.807, 2.05) is 29.9 Å². The third kappa shape index (κ3) is 7.15. The summed E-state index contributed by atoms with van der Waals surface area (Å²) in [4.78, 5) is 8.99. The van der Waals surface area contributed by atoms with Crippen LogP contribution in [0.1, 0.15) is 61.5 Å². The molecule has 2 aromatic rings. The molecule has 2 aromatic heterocycles. The molecule has 0 spiro atoms. The molecule has 1 saturated heterocycles. The van der Waals surface area contributed by atoms with Gasteiger partial charge in [-0.05, 0) is 50.5 Å². The number of halogens is 1. The van der Waals surface area contributed by atoms with Crippen molar-refractivity contribution in [3.05, 3.63) is 34.0 Å². The number of thiophene rings is 1. The molecule has 7 nitrogen and oxygen atoms in total. The molecule has 0 bridgehead atoms. The number of piperidine rings is 1. The smallest absolute Gasteiger partial charge is 0.191 e. The van der Waals surface area contributed by atoms with Crippen LogP contribution in [0, 0.1) is 6.92 Å². The fourth-order valence-corrected chi connectivity index (χ4v) is 5.41. The largest absolute Gasteiger partial charge is 0.356 e. The summed E-state index contributed by atoms with van der Waals surface area (Å²) in [5.41, 5.74) is 0. The molecule has 1 aliphatic heterocycles. The Morgan fingerprint density at radius 2 is 1.94 bits per heavy atom. The van der Waals surface area contributed by atoms with Gasteiger partial charge in [0.1, 0.15) is 12.4 Å². The molecular formula is C23H38IN7S. The predicted molar refractivity (Wildman–Crippen MR) is 143 cm³/mol. The Morgan fingerprint density at radius 1 is 1.16 bits per heavy atom. The van der Waals surface area contributed by atoms with Crippen molar-refractivity contribution in [2.75, 3.05) is 19.6 Å². The summed E-state index contributed by atoms with van der Waals surface area (Å²) in [6, 6.07) is 5.61. The molecule has 2 N–H and O–H groups in total. The summed E-state index contributed by atoms with van der Waals surface area (Å²) in [5, 5.41) is 17.8. The molecule has 0 unspecified atom stereocenters. The highest BCUT2D eigenvalue weighted by Crippen LogP contribution is 2.25. The van der Waals surface area contributed by atoms with Gasteiger partial charge in [0.15, 0.2) is 11.8 Å². The minimum atomic E-state index is 0. The third-order valence-corrected chi connectivity index (χ3v) is 7.70. The first-order valence-electron chi connectivity index (χ1n) is 11.8. The van der Waals surface area contributed by atoms with E-state index in [1.165, 1.54) is 62.9 Å². The van der Waals surface area contributed by atoms with E-state index in [0.717, 1.165) is 36.6 Å². The number of nitrogens with zero attached hydrogens (tertiary/aromatic N) is 5. The van der Waals surface area contributed by atoms with Gasteiger partial charge in [0.2, 0.25) is 0 Å². The van der Waals surface area contributed by atoms with E-state index in [4.69, 9.17) is 4.99 Å². The Balaban J connectivity index is 0.00000289. The van der Waals surface area contributed by atoms with Crippen molar-refractivity contribution in [2.24, 2.45) is 12.0 Å². The lowest BCUT2D eigenvalue weighted by atomic mass is 9.92. The van der Waals surface area contributed by atoms with Crippen LogP contribution in [-0.4, -0.2) is 57.3 Å². The molecule has 32 heavy (non-hydrogen) atoms. The van der Waals surface area contributed by atoms with Crippen molar-refractivity contribution >= 4 is 41.3 Å². The number of guanidine groups is 1. The van der Waals surface area contributed by atoms with E-state index in [0.29, 0.717) is 12.6 Å². The molecule has 2 aliphatic rings. The summed E-state index contributed by atoms with van der Waals surface area (Å²) in [6.07, 6.45) is 10.4. The van der Waals surface area contributed by atoms with Crippen LogP contribution in [-0.2, 0) is 20.0 Å². The van der Waals surface area contributed by atoms with Gasteiger partial charge in [0.05, 0.1) is 0 Å². The Hall–Kier alpha value is -1.20. The number of hydrogen-bond acceptors (Lipinski definition) is 5. The van der Waals surface area contributed by atoms with Gasteiger partial charge >= 0.3 is 0 Å². The highest BCUT2D eigenvalue weighted by Gasteiger charge is 2.26. The minimum Gasteiger partial charge on any atom is -0.356 e. The van der Waals surface area contributed by atoms with Gasteiger partial charge in [-0.1, -0.05) is 25.3 Å². The average molecular weight is 572 g/mol. The predicted octanol–water partition coefficient (Wildman–Crippen LogP) is 3.88. The van der Waals surface area contributed by atoms with Crippen molar-refractivity contribution in [3.63, 3.8) is 0 Å². The van der Waals surface area contributed by atoms with Crippen LogP contribution in [0.25, 0.3) is 0 Å². The van der Waals surface area contributed by atoms with E-state index in [-0.39, 0.29) is 24.0 Å². The normalized spacial score (nSPS) is 19.0. The molecule has 9 heteroatoms. The van der Waals surface area contributed by atoms with E-state index in [9.17, 15) is 0 Å². The molecule has 178 valence electrons. The molecule has 0 amide bonds. The number of aryl methyl sites for hydroxylation is 1. The van der Waals surface area contributed by atoms with E-state index in [1.54, 1.807) is 0 Å². The number of aromatic nitrogens is 3. The zero-order valence-electron chi connectivity index (χ0n) is 19.4. The van der Waals surface area contributed by atoms with Gasteiger partial charge in [-0.3, -0.25) is 0 Å². The SMILES string of the molecule is Cc1nnc(CN=C(NCCc2cccs2)NC2CCN(C3CCCCC3)CC2)n1C.I. The maximum Gasteiger partial charge on any atom is 0.191 e. The van der Waals surface area contributed by atoms with Gasteiger partial charge in [-0.25, -0.2) is 4.99 Å². The van der Waals surface area contributed by atoms with Gasteiger partial charge < -0.3 is 20.1 Å². The first-order chi connectivity index (χ1) is 15.2. The molecule has 2 fully saturated rings. The summed E-state index contributed by atoms with van der Waals surface area (Å²) in [7, 11) is 2.00. The van der Waals surface area contributed by atoms with Crippen molar-refractivity contribution in [1.29, 1.82) is 0 Å². The lowest BCUT2D eigenvalue weighted by Gasteiger charge is -2.39. The van der Waals surface area contributed by atoms with Gasteiger partial charge in [-0.15, -0.1) is 45.5 Å². The molecule has 0 aromatic carbocycles. The lowest BCUT2D eigenvalue weighted by molar-refractivity contribution is 0.119. The number of aliphatic imine (C=N–C) groups is 1. The average Bonchev–Trinajstić information content (AvgIpc) is 3.43. The summed E-state index contributed by atoms with van der Waals surface area (Å²) < 4.78 is 2.01. The first-order valence-corrected chi connectivity index (χ1v) is 12.7. The Morgan fingerprint density at radius 3 is 2.59 bits per heavy atom. The lowest BCUT2D eigenvalue weighted by Crippen LogP contribution is -2.51. The van der Waals surface area contributed by atoms with Crippen molar-refractivity contribution in [1.82, 2.24) is 30.3 Å². The molecular weight excluding hydrogens is 533 g/mol. The van der Waals surface area contributed by atoms with Crippen LogP contribution >= 0.6 is 35.3 Å². The highest BCUT2D eigenvalue weighted by molar-refractivity contribution is 14.0. The topological polar surface area (TPSA) is 70.4 Å². The molecule has 1 aliphatic carbocycles. The Labute approximate surface area is 213 Å². The Bertz CT molecular complexity index is 822. The third-order valence-electron chi connectivity index (χ3n) is 6.77. The van der Waals surface area contributed by atoms with Crippen LogP contribution in [0.15, 0.2) is 22.5 Å². The maximum atomic E-state index is 4.85. The van der Waals surface area contributed by atoms with E-state index >= 15 is 0 Å². The Kier molecular flexibility index (Phi) is 10.2. The van der Waals surface area contributed by atoms with Crippen LogP contribution < -0.4 is 10.6 Å². The minimum absolute atomic E-state index is 0. The van der Waals surface area contributed by atoms with Crippen LogP contribution in [0.2, 0.25) is 0 Å². The van der Waals surface area contributed by atoms with Gasteiger partial charge in [0.25, 0.3) is 0 Å². The zero-order valence-corrected chi connectivity index (χ0v) is 22.6. The summed E-state index contributed by atoms with van der Waals surface area (Å²) in [6.45, 7) is 5.79. The van der Waals surface area contributed by atoms with Crippen LogP contribution in [0.5, 0.6) is 0 Å². The molecule has 4 rings (SSSR count). The number of nitrogens with one attached hydrogen (secondary N) is 2. The van der Waals surface area contributed by atoms with Crippen LogP contribution in [0.4, 0.5) is 0 Å². The second-order valence-electron chi connectivity index (χ2n) is 8.89. The van der Waals surface area contributed by atoms with Gasteiger partial charge in [-0.2, -0.15) is 0 Å².